The highest BCUT2D eigenvalue weighted by molar-refractivity contribution is 5.97. The molecular weight excluding hydrogens is 196 g/mol. The van der Waals surface area contributed by atoms with Gasteiger partial charge < -0.3 is 0 Å². The largest absolute Gasteiger partial charge is 0.275 e. The van der Waals surface area contributed by atoms with E-state index >= 15 is 0 Å². The Hall–Kier alpha value is -2.27. The van der Waals surface area contributed by atoms with Crippen LogP contribution in [0.25, 0.3) is 16.8 Å². The molecule has 0 saturated carbocycles. The number of benzene rings is 2. The van der Waals surface area contributed by atoms with Crippen molar-refractivity contribution in [2.24, 2.45) is 0 Å². The third-order valence-electron chi connectivity index (χ3n) is 2.93. The minimum absolute atomic E-state index is 0.668. The van der Waals surface area contributed by atoms with Crippen LogP contribution in [-0.2, 0) is 0 Å². The van der Waals surface area contributed by atoms with Crippen molar-refractivity contribution in [2.75, 3.05) is 11.4 Å². The zero-order valence-electron chi connectivity index (χ0n) is 8.72. The van der Waals surface area contributed by atoms with Gasteiger partial charge in [-0.3, -0.25) is 4.90 Å². The minimum Gasteiger partial charge on any atom is -0.275 e. The Morgan fingerprint density at radius 1 is 1.12 bits per heavy atom. The number of fused-ring (bicyclic) bond motifs is 3. The molecule has 0 atom stereocenters. The van der Waals surface area contributed by atoms with Gasteiger partial charge in [-0.15, -0.1) is 0 Å². The molecule has 2 aromatic carbocycles. The molecule has 1 aliphatic heterocycles. The van der Waals surface area contributed by atoms with Crippen LogP contribution in [0.5, 0.6) is 0 Å². The van der Waals surface area contributed by atoms with Crippen molar-refractivity contribution >= 4 is 22.5 Å². The first-order valence-electron chi connectivity index (χ1n) is 5.26. The lowest BCUT2D eigenvalue weighted by atomic mass is 10.00. The lowest BCUT2D eigenvalue weighted by Crippen LogP contribution is -2.19. The van der Waals surface area contributed by atoms with Crippen LogP contribution >= 0.6 is 0 Å². The fourth-order valence-electron chi connectivity index (χ4n) is 2.16. The quantitative estimate of drug-likeness (QED) is 0.619. The molecule has 0 saturated heterocycles. The molecule has 0 N–H and O–H groups in total. The summed E-state index contributed by atoms with van der Waals surface area (Å²) in [5.74, 6) is 0. The number of rotatable bonds is 0. The van der Waals surface area contributed by atoms with Crippen LogP contribution in [0.15, 0.2) is 42.5 Å². The van der Waals surface area contributed by atoms with Gasteiger partial charge in [0.15, 0.2) is 6.19 Å². The van der Waals surface area contributed by atoms with E-state index in [0.717, 1.165) is 11.3 Å². The van der Waals surface area contributed by atoms with Crippen molar-refractivity contribution in [3.05, 3.63) is 48.0 Å². The van der Waals surface area contributed by atoms with Gasteiger partial charge in [-0.2, -0.15) is 5.26 Å². The average molecular weight is 206 g/mol. The van der Waals surface area contributed by atoms with Gasteiger partial charge in [0.05, 0.1) is 12.2 Å². The maximum Gasteiger partial charge on any atom is 0.184 e. The molecule has 3 rings (SSSR count). The highest BCUT2D eigenvalue weighted by atomic mass is 15.1. The van der Waals surface area contributed by atoms with Gasteiger partial charge in [-0.05, 0) is 16.8 Å². The van der Waals surface area contributed by atoms with Crippen LogP contribution in [0.1, 0.15) is 5.56 Å². The first-order valence-corrected chi connectivity index (χ1v) is 5.26. The Morgan fingerprint density at radius 2 is 2.00 bits per heavy atom. The molecule has 0 spiro atoms. The predicted octanol–water partition coefficient (Wildman–Crippen LogP) is 3.15. The van der Waals surface area contributed by atoms with Gasteiger partial charge >= 0.3 is 0 Å². The van der Waals surface area contributed by atoms with Crippen molar-refractivity contribution in [3.63, 3.8) is 0 Å². The Balaban J connectivity index is 2.36. The lowest BCUT2D eigenvalue weighted by molar-refractivity contribution is 1.09. The number of hydrogen-bond acceptors (Lipinski definition) is 2. The van der Waals surface area contributed by atoms with Gasteiger partial charge in [0.25, 0.3) is 0 Å². The predicted molar refractivity (Wildman–Crippen MR) is 65.9 cm³/mol. The topological polar surface area (TPSA) is 27.0 Å². The number of nitriles is 1. The SMILES string of the molecule is N#CN1CC=Cc2c1ccc1ccccc21. The average Bonchev–Trinajstić information content (AvgIpc) is 2.37. The molecular formula is C14H10N2. The first kappa shape index (κ1) is 8.99. The molecule has 16 heavy (non-hydrogen) atoms. The highest BCUT2D eigenvalue weighted by Crippen LogP contribution is 2.32. The van der Waals surface area contributed by atoms with Crippen molar-refractivity contribution in [1.82, 2.24) is 0 Å². The molecule has 2 aromatic rings. The second-order valence-electron chi connectivity index (χ2n) is 3.83. The minimum atomic E-state index is 0.668. The van der Waals surface area contributed by atoms with E-state index in [4.69, 9.17) is 5.26 Å². The third-order valence-corrected chi connectivity index (χ3v) is 2.93. The molecule has 0 aromatic heterocycles. The van der Waals surface area contributed by atoms with E-state index in [0.29, 0.717) is 6.54 Å². The molecule has 1 heterocycles. The van der Waals surface area contributed by atoms with Gasteiger partial charge in [-0.1, -0.05) is 42.5 Å². The second-order valence-corrected chi connectivity index (χ2v) is 3.83. The van der Waals surface area contributed by atoms with Crippen LogP contribution in [0, 0.1) is 11.5 Å². The fraction of sp³-hybridized carbons (Fsp3) is 0.0714. The molecule has 0 bridgehead atoms. The maximum absolute atomic E-state index is 9.05. The van der Waals surface area contributed by atoms with E-state index in [-0.39, 0.29) is 0 Å². The van der Waals surface area contributed by atoms with Crippen LogP contribution < -0.4 is 4.90 Å². The Labute approximate surface area is 94.0 Å². The standard InChI is InChI=1S/C14H10N2/c15-10-16-9-3-6-13-12-5-2-1-4-11(12)7-8-14(13)16/h1-8H,9H2. The molecule has 2 nitrogen and oxygen atoms in total. The molecule has 0 amide bonds. The summed E-state index contributed by atoms with van der Waals surface area (Å²) in [6, 6.07) is 12.3. The Kier molecular flexibility index (Phi) is 1.91. The summed E-state index contributed by atoms with van der Waals surface area (Å²) in [6.07, 6.45) is 6.34. The van der Waals surface area contributed by atoms with E-state index in [1.807, 2.05) is 24.3 Å². The molecule has 1 aliphatic rings. The molecule has 0 unspecified atom stereocenters. The summed E-state index contributed by atoms with van der Waals surface area (Å²) < 4.78 is 0. The van der Waals surface area contributed by atoms with Crippen molar-refractivity contribution in [2.45, 2.75) is 0 Å². The second kappa shape index (κ2) is 3.39. The normalized spacial score (nSPS) is 13.6. The van der Waals surface area contributed by atoms with Crippen LogP contribution in [0.3, 0.4) is 0 Å². The van der Waals surface area contributed by atoms with Gasteiger partial charge in [0, 0.05) is 5.56 Å². The van der Waals surface area contributed by atoms with Crippen LogP contribution in [0.2, 0.25) is 0 Å². The Morgan fingerprint density at radius 3 is 2.88 bits per heavy atom. The summed E-state index contributed by atoms with van der Waals surface area (Å²) in [4.78, 5) is 1.71. The zero-order valence-corrected chi connectivity index (χ0v) is 8.72. The molecule has 2 heteroatoms. The lowest BCUT2D eigenvalue weighted by Gasteiger charge is -2.21. The molecule has 76 valence electrons. The third kappa shape index (κ3) is 1.19. The number of nitrogens with zero attached hydrogens (tertiary/aromatic N) is 2. The van der Waals surface area contributed by atoms with E-state index in [9.17, 15) is 0 Å². The van der Waals surface area contributed by atoms with E-state index in [2.05, 4.69) is 30.5 Å². The molecule has 0 radical (unpaired) electrons. The van der Waals surface area contributed by atoms with Gasteiger partial charge in [0.1, 0.15) is 0 Å². The smallest absolute Gasteiger partial charge is 0.184 e. The van der Waals surface area contributed by atoms with Crippen LogP contribution in [0.4, 0.5) is 5.69 Å². The summed E-state index contributed by atoms with van der Waals surface area (Å²) >= 11 is 0. The summed E-state index contributed by atoms with van der Waals surface area (Å²) in [5.41, 5.74) is 2.15. The number of anilines is 1. The first-order chi connectivity index (χ1) is 7.90. The van der Waals surface area contributed by atoms with Crippen molar-refractivity contribution in [3.8, 4) is 6.19 Å². The van der Waals surface area contributed by atoms with E-state index in [1.165, 1.54) is 10.8 Å². The van der Waals surface area contributed by atoms with E-state index in [1.54, 1.807) is 4.90 Å². The zero-order chi connectivity index (χ0) is 11.0. The Bertz CT molecular complexity index is 620. The summed E-state index contributed by atoms with van der Waals surface area (Å²) in [5, 5.41) is 11.5. The molecule has 0 aliphatic carbocycles. The summed E-state index contributed by atoms with van der Waals surface area (Å²) in [7, 11) is 0. The van der Waals surface area contributed by atoms with Gasteiger partial charge in [0.2, 0.25) is 0 Å². The summed E-state index contributed by atoms with van der Waals surface area (Å²) in [6.45, 7) is 0.668. The maximum atomic E-state index is 9.05. The van der Waals surface area contributed by atoms with E-state index < -0.39 is 0 Å². The monoisotopic (exact) mass is 206 g/mol. The highest BCUT2D eigenvalue weighted by Gasteiger charge is 2.14. The van der Waals surface area contributed by atoms with Crippen molar-refractivity contribution < 1.29 is 0 Å². The van der Waals surface area contributed by atoms with Gasteiger partial charge in [-0.25, -0.2) is 0 Å². The van der Waals surface area contributed by atoms with Crippen LogP contribution in [-0.4, -0.2) is 6.54 Å². The molecule has 0 fully saturated rings. The number of hydrogen-bond donors (Lipinski definition) is 0. The van der Waals surface area contributed by atoms with Crippen molar-refractivity contribution in [1.29, 1.82) is 5.26 Å². The fourth-order valence-corrected chi connectivity index (χ4v) is 2.16.